The summed E-state index contributed by atoms with van der Waals surface area (Å²) in [5.41, 5.74) is 7.24. The number of ketones is 1. The van der Waals surface area contributed by atoms with Crippen LogP contribution in [0, 0.1) is 35.5 Å². The molecule has 0 aliphatic carbocycles. The molecular formula is C73H131NO9. The average molecular weight is 1170 g/mol. The predicted molar refractivity (Wildman–Crippen MR) is 350 cm³/mol. The standard InChI is InChI=1S/C19H35NO3.3C18H32O2/c1-7-8-9-17-13-15(3)18(23-17)11-10-14(2)12-16(4)19(21)20(5)22-6;1-6-7-8-17-12-15(4)18(20-17)10-9-13(2)11-14(3)16(5)19;2*1-6-7-8-17-12-15(5)18(20-17)10-9-16(19)11-14(4)13(2)3/h14,16-18H,3,7-13H2,1-2,4-6H3;13-14,17-18H,4,6-12H2,1-3,5H3;2*14,16-19H,2,5-12H2,1,3-4H3/t14-,16?,17+,18?;13-,14?,17+,18?;2*14-,16-,17+,18+/m1111/s1. The minimum Gasteiger partial charge on any atom is -0.393 e. The Morgan fingerprint density at radius 1 is 0.482 bits per heavy atom. The first-order valence-corrected chi connectivity index (χ1v) is 33.5. The molecule has 4 saturated heterocycles. The second-order valence-corrected chi connectivity index (χ2v) is 26.7. The second kappa shape index (κ2) is 43.8. The van der Waals surface area contributed by atoms with E-state index < -0.39 is 0 Å². The van der Waals surface area contributed by atoms with Crippen LogP contribution in [0.15, 0.2) is 72.9 Å². The van der Waals surface area contributed by atoms with Crippen LogP contribution in [0.25, 0.3) is 0 Å². The van der Waals surface area contributed by atoms with E-state index in [1.54, 1.807) is 14.0 Å². The van der Waals surface area contributed by atoms with Crippen LogP contribution in [0.5, 0.6) is 0 Å². The Kier molecular flexibility index (Phi) is 41.4. The van der Waals surface area contributed by atoms with Crippen molar-refractivity contribution in [2.75, 3.05) is 14.2 Å². The maximum absolute atomic E-state index is 12.0. The molecule has 2 N–H and O–H groups in total. The van der Waals surface area contributed by atoms with Gasteiger partial charge in [0.25, 0.3) is 0 Å². The molecular weight excluding hydrogens is 1030 g/mol. The topological polar surface area (TPSA) is 124 Å². The number of nitrogens with zero attached hydrogens (tertiary/aromatic N) is 1. The molecule has 4 fully saturated rings. The number of hydroxylamine groups is 2. The minimum absolute atomic E-state index is 0.0139. The first kappa shape index (κ1) is 78.3. The van der Waals surface area contributed by atoms with Gasteiger partial charge in [0.1, 0.15) is 5.78 Å². The van der Waals surface area contributed by atoms with E-state index in [4.69, 9.17) is 23.8 Å². The quantitative estimate of drug-likeness (QED) is 0.0462. The van der Waals surface area contributed by atoms with Gasteiger partial charge in [0.05, 0.1) is 68.1 Å². The summed E-state index contributed by atoms with van der Waals surface area (Å²) in [7, 11) is 3.18. The molecule has 0 aromatic carbocycles. The van der Waals surface area contributed by atoms with Gasteiger partial charge in [-0.15, -0.1) is 0 Å². The predicted octanol–water partition coefficient (Wildman–Crippen LogP) is 18.5. The SMILES string of the molecule is C=C(C)[C@H](C)C[C@H](O)CC[C@@H]1O[C@@H](CCCC)CC1=C.C=C(C)[C@H](C)C[C@H](O)CC[C@@H]1O[C@@H](CCCC)CC1=C.C=C1C[C@H](CCCC)OC1CC[C@@H](C)CC(C)C(=O)N(C)OC.C=C1C[C@H](CCCC)OC1CC[C@@H](C)CC(C)C(C)=O. The lowest BCUT2D eigenvalue weighted by molar-refractivity contribution is -0.173. The highest BCUT2D eigenvalue weighted by Gasteiger charge is 2.32. The fraction of sp³-hybridized carbons (Fsp3) is 0.808. The van der Waals surface area contributed by atoms with Crippen molar-refractivity contribution in [2.24, 2.45) is 35.5 Å². The van der Waals surface area contributed by atoms with E-state index in [1.165, 1.54) is 92.3 Å². The number of carbonyl (C=O) groups excluding carboxylic acids is 2. The Labute approximate surface area is 511 Å². The van der Waals surface area contributed by atoms with Crippen molar-refractivity contribution in [3.63, 3.8) is 0 Å². The van der Waals surface area contributed by atoms with E-state index in [-0.39, 0.29) is 54.4 Å². The van der Waals surface area contributed by atoms with Gasteiger partial charge in [-0.2, -0.15) is 0 Å². The van der Waals surface area contributed by atoms with Crippen molar-refractivity contribution >= 4 is 11.7 Å². The van der Waals surface area contributed by atoms with Crippen LogP contribution in [0.2, 0.25) is 0 Å². The molecule has 0 radical (unpaired) electrons. The monoisotopic (exact) mass is 1170 g/mol. The highest BCUT2D eigenvalue weighted by Crippen LogP contribution is 2.36. The largest absolute Gasteiger partial charge is 0.393 e. The van der Waals surface area contributed by atoms with Gasteiger partial charge in [-0.3, -0.25) is 14.4 Å². The van der Waals surface area contributed by atoms with E-state index in [1.807, 2.05) is 27.7 Å². The first-order chi connectivity index (χ1) is 39.2. The Balaban J connectivity index is 0.000000554. The number of hydrogen-bond donors (Lipinski definition) is 2. The molecule has 482 valence electrons. The Hall–Kier alpha value is -2.70. The maximum Gasteiger partial charge on any atom is 0.248 e. The number of amides is 1. The summed E-state index contributed by atoms with van der Waals surface area (Å²) < 4.78 is 24.4. The zero-order valence-electron chi connectivity index (χ0n) is 56.5. The van der Waals surface area contributed by atoms with Gasteiger partial charge < -0.3 is 29.2 Å². The summed E-state index contributed by atoms with van der Waals surface area (Å²) >= 11 is 0. The highest BCUT2D eigenvalue weighted by molar-refractivity contribution is 5.78. The van der Waals surface area contributed by atoms with Crippen LogP contribution < -0.4 is 0 Å². The third-order valence-electron chi connectivity index (χ3n) is 18.2. The zero-order chi connectivity index (χ0) is 62.8. The van der Waals surface area contributed by atoms with Gasteiger partial charge in [0, 0.05) is 18.9 Å². The fourth-order valence-electron chi connectivity index (χ4n) is 11.8. The summed E-state index contributed by atoms with van der Waals surface area (Å²) in [5.74, 6) is 2.36. The summed E-state index contributed by atoms with van der Waals surface area (Å²) in [6.07, 6.45) is 31.4. The molecule has 4 aliphatic rings. The normalized spacial score (nSPS) is 25.2. The number of aliphatic hydroxyl groups is 2. The molecule has 10 nitrogen and oxygen atoms in total. The molecule has 10 heteroatoms. The molecule has 0 aromatic rings. The molecule has 0 saturated carbocycles. The van der Waals surface area contributed by atoms with Crippen molar-refractivity contribution in [2.45, 2.75) is 331 Å². The zero-order valence-corrected chi connectivity index (χ0v) is 56.5. The van der Waals surface area contributed by atoms with E-state index in [2.05, 4.69) is 94.9 Å². The van der Waals surface area contributed by atoms with Gasteiger partial charge in [-0.05, 0) is 195 Å². The first-order valence-electron chi connectivity index (χ1n) is 33.5. The van der Waals surface area contributed by atoms with E-state index in [0.29, 0.717) is 53.9 Å². The van der Waals surface area contributed by atoms with Gasteiger partial charge >= 0.3 is 0 Å². The lowest BCUT2D eigenvalue weighted by Crippen LogP contribution is -2.31. The van der Waals surface area contributed by atoms with Crippen molar-refractivity contribution in [1.82, 2.24) is 5.06 Å². The fourth-order valence-corrected chi connectivity index (χ4v) is 11.8. The summed E-state index contributed by atoms with van der Waals surface area (Å²) in [6, 6.07) is 0. The summed E-state index contributed by atoms with van der Waals surface area (Å²) in [4.78, 5) is 28.3. The molecule has 4 aliphatic heterocycles. The molecule has 0 aromatic heterocycles. The number of allylic oxidation sites excluding steroid dienone is 2. The third-order valence-corrected chi connectivity index (χ3v) is 18.2. The molecule has 4 unspecified atom stereocenters. The van der Waals surface area contributed by atoms with Crippen LogP contribution in [-0.4, -0.2) is 102 Å². The molecule has 0 bridgehead atoms. The smallest absolute Gasteiger partial charge is 0.248 e. The number of Topliss-reactive ketones (excluding diaryl/α,β-unsaturated/α-hetero) is 1. The number of ether oxygens (including phenoxy) is 4. The van der Waals surface area contributed by atoms with Crippen LogP contribution in [-0.2, 0) is 33.4 Å². The van der Waals surface area contributed by atoms with Gasteiger partial charge in [0.15, 0.2) is 0 Å². The molecule has 4 heterocycles. The second-order valence-electron chi connectivity index (χ2n) is 26.7. The highest BCUT2D eigenvalue weighted by atomic mass is 16.7. The van der Waals surface area contributed by atoms with Crippen molar-refractivity contribution < 1.29 is 43.6 Å². The number of hydrogen-bond acceptors (Lipinski definition) is 9. The number of carbonyl (C=O) groups is 2. The van der Waals surface area contributed by atoms with E-state index in [0.717, 1.165) is 133 Å². The number of aliphatic hydroxyl groups excluding tert-OH is 2. The number of rotatable bonds is 37. The van der Waals surface area contributed by atoms with E-state index in [9.17, 15) is 19.8 Å². The van der Waals surface area contributed by atoms with Crippen LogP contribution in [0.4, 0.5) is 0 Å². The minimum atomic E-state index is -0.257. The van der Waals surface area contributed by atoms with Crippen LogP contribution in [0.1, 0.15) is 270 Å². The molecule has 16 atom stereocenters. The summed E-state index contributed by atoms with van der Waals surface area (Å²) in [5, 5.41) is 21.5. The molecule has 0 spiro atoms. The molecule has 4 rings (SSSR count). The van der Waals surface area contributed by atoms with Crippen LogP contribution in [0.3, 0.4) is 0 Å². The van der Waals surface area contributed by atoms with Gasteiger partial charge in [-0.1, -0.05) is 171 Å². The van der Waals surface area contributed by atoms with Crippen molar-refractivity contribution in [3.05, 3.63) is 72.9 Å². The lowest BCUT2D eigenvalue weighted by atomic mass is 9.90. The third kappa shape index (κ3) is 33.3. The number of unbranched alkanes of at least 4 members (excludes halogenated alkanes) is 4. The Morgan fingerprint density at radius 2 is 0.759 bits per heavy atom. The Bertz CT molecular complexity index is 1720. The molecule has 1 amide bonds. The van der Waals surface area contributed by atoms with Gasteiger partial charge in [-0.25, -0.2) is 5.06 Å². The van der Waals surface area contributed by atoms with E-state index >= 15 is 0 Å². The van der Waals surface area contributed by atoms with Crippen molar-refractivity contribution in [1.29, 1.82) is 0 Å². The lowest BCUT2D eigenvalue weighted by Gasteiger charge is -2.22. The van der Waals surface area contributed by atoms with Crippen LogP contribution >= 0.6 is 0 Å². The van der Waals surface area contributed by atoms with Gasteiger partial charge in [0.2, 0.25) is 5.91 Å². The average Bonchev–Trinajstić information content (AvgIpc) is 4.38. The summed E-state index contributed by atoms with van der Waals surface area (Å²) in [6.45, 7) is 51.8. The molecule has 83 heavy (non-hydrogen) atoms. The van der Waals surface area contributed by atoms with Crippen molar-refractivity contribution in [3.8, 4) is 0 Å². The maximum atomic E-state index is 12.0. The Morgan fingerprint density at radius 3 is 1.01 bits per heavy atom.